The van der Waals surface area contributed by atoms with Gasteiger partial charge in [0.1, 0.15) is 23.9 Å². The van der Waals surface area contributed by atoms with Crippen molar-refractivity contribution in [3.05, 3.63) is 92.5 Å². The molecule has 0 bridgehead atoms. The number of rotatable bonds is 4. The fourth-order valence-corrected chi connectivity index (χ4v) is 4.25. The first kappa shape index (κ1) is 23.4. The third-order valence-corrected chi connectivity index (χ3v) is 5.91. The van der Waals surface area contributed by atoms with Crippen molar-refractivity contribution >= 4 is 22.5 Å². The number of carbonyl (C=O) groups excluding carboxylic acids is 1. The van der Waals surface area contributed by atoms with Gasteiger partial charge in [-0.25, -0.2) is 19.5 Å². The highest BCUT2D eigenvalue weighted by molar-refractivity contribution is 5.95. The molecule has 8 nitrogen and oxygen atoms in total. The third kappa shape index (κ3) is 4.49. The van der Waals surface area contributed by atoms with E-state index in [-0.39, 0.29) is 42.1 Å². The monoisotopic (exact) mass is 498 g/mol. The van der Waals surface area contributed by atoms with Gasteiger partial charge >= 0.3 is 6.18 Å². The molecule has 0 saturated carbocycles. The van der Waals surface area contributed by atoms with E-state index in [1.54, 1.807) is 24.3 Å². The SMILES string of the molecule is Nc1nc(CC(F)(F)F)nc2c1CN(C(=O)c1cc(Cc3n[nH]c(=O)c4ccccc34)ccc1F)C2. The van der Waals surface area contributed by atoms with E-state index in [1.807, 2.05) is 0 Å². The summed E-state index contributed by atoms with van der Waals surface area (Å²) in [6.07, 6.45) is -5.63. The van der Waals surface area contributed by atoms with Gasteiger partial charge in [-0.15, -0.1) is 0 Å². The van der Waals surface area contributed by atoms with Crippen molar-refractivity contribution in [3.63, 3.8) is 0 Å². The van der Waals surface area contributed by atoms with Crippen molar-refractivity contribution < 1.29 is 22.4 Å². The molecular weight excluding hydrogens is 480 g/mol. The summed E-state index contributed by atoms with van der Waals surface area (Å²) in [4.78, 5) is 34.1. The van der Waals surface area contributed by atoms with Gasteiger partial charge in [-0.3, -0.25) is 9.59 Å². The molecule has 2 aromatic heterocycles. The number of benzene rings is 2. The summed E-state index contributed by atoms with van der Waals surface area (Å²) in [6.45, 7) is -0.177. The maximum atomic E-state index is 14.7. The molecule has 0 aliphatic carbocycles. The van der Waals surface area contributed by atoms with Crippen LogP contribution in [0.5, 0.6) is 0 Å². The van der Waals surface area contributed by atoms with Crippen molar-refractivity contribution in [2.75, 3.05) is 5.73 Å². The Balaban J connectivity index is 1.41. The maximum absolute atomic E-state index is 14.7. The summed E-state index contributed by atoms with van der Waals surface area (Å²) in [5.41, 5.74) is 6.95. The van der Waals surface area contributed by atoms with Crippen LogP contribution in [-0.4, -0.2) is 37.1 Å². The van der Waals surface area contributed by atoms with Crippen molar-refractivity contribution in [1.29, 1.82) is 0 Å². The molecule has 0 atom stereocenters. The van der Waals surface area contributed by atoms with Crippen molar-refractivity contribution in [2.24, 2.45) is 0 Å². The van der Waals surface area contributed by atoms with E-state index in [2.05, 4.69) is 20.2 Å². The number of halogens is 4. The van der Waals surface area contributed by atoms with Gasteiger partial charge in [-0.05, 0) is 23.8 Å². The molecule has 3 heterocycles. The standard InChI is InChI=1S/C24H18F4N6O2/c25-17-6-5-12(8-18-13-3-1-2-4-14(13)22(35)33-32-18)7-15(17)23(36)34-10-16-19(11-34)30-20(31-21(16)29)9-24(26,27)28/h1-7H,8-11H2,(H,33,35)(H2,29,30,31). The highest BCUT2D eigenvalue weighted by atomic mass is 19.4. The predicted octanol–water partition coefficient (Wildman–Crippen LogP) is 3.29. The first-order valence-electron chi connectivity index (χ1n) is 10.8. The lowest BCUT2D eigenvalue weighted by atomic mass is 10.0. The second-order valence-electron chi connectivity index (χ2n) is 8.44. The number of aromatic nitrogens is 4. The van der Waals surface area contributed by atoms with Gasteiger partial charge < -0.3 is 10.6 Å². The van der Waals surface area contributed by atoms with E-state index >= 15 is 0 Å². The average molecular weight is 498 g/mol. The van der Waals surface area contributed by atoms with Gasteiger partial charge in [0.05, 0.1) is 35.4 Å². The highest BCUT2D eigenvalue weighted by Gasteiger charge is 2.33. The number of fused-ring (bicyclic) bond motifs is 2. The van der Waals surface area contributed by atoms with Crippen LogP contribution in [0.15, 0.2) is 47.3 Å². The average Bonchev–Trinajstić information content (AvgIpc) is 3.25. The molecule has 1 aliphatic heterocycles. The summed E-state index contributed by atoms with van der Waals surface area (Å²) in [5, 5.41) is 7.65. The zero-order chi connectivity index (χ0) is 25.6. The van der Waals surface area contributed by atoms with Crippen LogP contribution in [0.25, 0.3) is 10.8 Å². The molecular formula is C24H18F4N6O2. The van der Waals surface area contributed by atoms with Crippen LogP contribution in [0.1, 0.15) is 38.7 Å². The molecule has 3 N–H and O–H groups in total. The number of nitrogens with two attached hydrogens (primary N) is 1. The van der Waals surface area contributed by atoms with Crippen molar-refractivity contribution in [2.45, 2.75) is 32.1 Å². The third-order valence-electron chi connectivity index (χ3n) is 5.91. The quantitative estimate of drug-likeness (QED) is 0.417. The molecule has 184 valence electrons. The fraction of sp³-hybridized carbons (Fsp3) is 0.208. The zero-order valence-corrected chi connectivity index (χ0v) is 18.6. The molecule has 0 unspecified atom stereocenters. The minimum atomic E-state index is -4.51. The van der Waals surface area contributed by atoms with Crippen LogP contribution >= 0.6 is 0 Å². The Bertz CT molecular complexity index is 1570. The number of nitrogen functional groups attached to an aromatic ring is 1. The van der Waals surface area contributed by atoms with E-state index < -0.39 is 30.1 Å². The molecule has 12 heteroatoms. The molecule has 0 radical (unpaired) electrons. The number of carbonyl (C=O) groups is 1. The molecule has 0 saturated heterocycles. The van der Waals surface area contributed by atoms with E-state index in [0.29, 0.717) is 27.6 Å². The Labute approximate surface area is 200 Å². The van der Waals surface area contributed by atoms with Gasteiger partial charge in [0.15, 0.2) is 0 Å². The number of nitrogens with zero attached hydrogens (tertiary/aromatic N) is 4. The first-order chi connectivity index (χ1) is 17.1. The summed E-state index contributed by atoms with van der Waals surface area (Å²) in [6, 6.07) is 11.0. The van der Waals surface area contributed by atoms with Crippen LogP contribution in [0.2, 0.25) is 0 Å². The van der Waals surface area contributed by atoms with Crippen molar-refractivity contribution in [1.82, 2.24) is 25.1 Å². The number of anilines is 1. The lowest BCUT2D eigenvalue weighted by Gasteiger charge is -2.16. The van der Waals surface area contributed by atoms with Crippen molar-refractivity contribution in [3.8, 4) is 0 Å². The zero-order valence-electron chi connectivity index (χ0n) is 18.6. The molecule has 5 rings (SSSR count). The molecule has 1 amide bonds. The van der Waals surface area contributed by atoms with Crippen LogP contribution < -0.4 is 11.3 Å². The molecule has 4 aromatic rings. The Morgan fingerprint density at radius 2 is 1.83 bits per heavy atom. The van der Waals surface area contributed by atoms with Crippen LogP contribution in [0.3, 0.4) is 0 Å². The largest absolute Gasteiger partial charge is 0.396 e. The fourth-order valence-electron chi connectivity index (χ4n) is 4.25. The summed E-state index contributed by atoms with van der Waals surface area (Å²) in [5.74, 6) is -2.04. The minimum Gasteiger partial charge on any atom is -0.383 e. The molecule has 36 heavy (non-hydrogen) atoms. The summed E-state index contributed by atoms with van der Waals surface area (Å²) < 4.78 is 52.9. The Morgan fingerprint density at radius 1 is 1.08 bits per heavy atom. The number of hydrogen-bond donors (Lipinski definition) is 2. The number of aromatic amines is 1. The summed E-state index contributed by atoms with van der Waals surface area (Å²) in [7, 11) is 0. The molecule has 0 fully saturated rings. The van der Waals surface area contributed by atoms with E-state index in [1.165, 1.54) is 17.0 Å². The minimum absolute atomic E-state index is 0.0535. The van der Waals surface area contributed by atoms with Gasteiger partial charge in [0, 0.05) is 17.4 Å². The number of H-pyrrole nitrogens is 1. The molecule has 1 aliphatic rings. The van der Waals surface area contributed by atoms with E-state index in [0.717, 1.165) is 6.07 Å². The Morgan fingerprint density at radius 3 is 2.58 bits per heavy atom. The second-order valence-corrected chi connectivity index (χ2v) is 8.44. The van der Waals surface area contributed by atoms with Crippen LogP contribution in [0, 0.1) is 5.82 Å². The van der Waals surface area contributed by atoms with Gasteiger partial charge in [-0.2, -0.15) is 18.3 Å². The van der Waals surface area contributed by atoms with Crippen LogP contribution in [0.4, 0.5) is 23.4 Å². The van der Waals surface area contributed by atoms with Gasteiger partial charge in [-0.1, -0.05) is 24.3 Å². The maximum Gasteiger partial charge on any atom is 0.396 e. The number of amides is 1. The number of alkyl halides is 3. The Hall–Kier alpha value is -4.35. The number of hydrogen-bond acceptors (Lipinski definition) is 6. The topological polar surface area (TPSA) is 118 Å². The smallest absolute Gasteiger partial charge is 0.383 e. The lowest BCUT2D eigenvalue weighted by Crippen LogP contribution is -2.26. The summed E-state index contributed by atoms with van der Waals surface area (Å²) >= 11 is 0. The van der Waals surface area contributed by atoms with Gasteiger partial charge in [0.25, 0.3) is 11.5 Å². The lowest BCUT2D eigenvalue weighted by molar-refractivity contribution is -0.128. The Kier molecular flexibility index (Phi) is 5.65. The first-order valence-corrected chi connectivity index (χ1v) is 10.8. The van der Waals surface area contributed by atoms with Gasteiger partial charge in [0.2, 0.25) is 0 Å². The van der Waals surface area contributed by atoms with Crippen LogP contribution in [-0.2, 0) is 25.9 Å². The predicted molar refractivity (Wildman–Crippen MR) is 121 cm³/mol. The highest BCUT2D eigenvalue weighted by Crippen LogP contribution is 2.29. The van der Waals surface area contributed by atoms with E-state index in [4.69, 9.17) is 5.73 Å². The van der Waals surface area contributed by atoms with E-state index in [9.17, 15) is 27.2 Å². The normalized spacial score (nSPS) is 13.3. The number of nitrogens with one attached hydrogen (secondary N) is 1. The molecule has 2 aromatic carbocycles. The molecule has 0 spiro atoms. The second kappa shape index (κ2) is 8.70.